The molecule has 1 aliphatic heterocycles. The van der Waals surface area contributed by atoms with E-state index < -0.39 is 60.4 Å². The van der Waals surface area contributed by atoms with Crippen LogP contribution in [0.2, 0.25) is 0 Å². The largest absolute Gasteiger partial charge is 0.463 e. The Morgan fingerprint density at radius 3 is 1.64 bits per heavy atom. The van der Waals surface area contributed by atoms with Gasteiger partial charge in [-0.1, -0.05) is 27.7 Å². The lowest BCUT2D eigenvalue weighted by Gasteiger charge is -2.44. The minimum Gasteiger partial charge on any atom is -0.463 e. The molecule has 1 N–H and O–H groups in total. The molecule has 5 atom stereocenters. The van der Waals surface area contributed by atoms with E-state index >= 15 is 0 Å². The normalized spacial score (nSPS) is 22.3. The molecule has 0 aromatic rings. The molecule has 0 aromatic carbocycles. The van der Waals surface area contributed by atoms with Gasteiger partial charge in [0.15, 0.2) is 12.2 Å². The smallest absolute Gasteiger partial charge is 0.308 e. The molecular formula is C27H43NO11. The summed E-state index contributed by atoms with van der Waals surface area (Å²) in [5, 5.41) is 2.64. The second kappa shape index (κ2) is 18.3. The first-order valence-electron chi connectivity index (χ1n) is 13.7. The maximum atomic E-state index is 12.8. The monoisotopic (exact) mass is 557 g/mol. The zero-order valence-electron chi connectivity index (χ0n) is 23.7. The van der Waals surface area contributed by atoms with Crippen LogP contribution in [0.5, 0.6) is 0 Å². The number of Topliss-reactive ketones (excluding diaryl/α,β-unsaturated/α-hetero) is 1. The molecule has 0 aromatic heterocycles. The van der Waals surface area contributed by atoms with E-state index in [0.29, 0.717) is 25.7 Å². The van der Waals surface area contributed by atoms with Gasteiger partial charge in [0.25, 0.3) is 0 Å². The van der Waals surface area contributed by atoms with Gasteiger partial charge in [-0.15, -0.1) is 0 Å². The topological polar surface area (TPSA) is 161 Å². The predicted molar refractivity (Wildman–Crippen MR) is 137 cm³/mol. The summed E-state index contributed by atoms with van der Waals surface area (Å²) in [6, 6.07) is -1.27. The maximum absolute atomic E-state index is 12.8. The van der Waals surface area contributed by atoms with E-state index in [-0.39, 0.29) is 50.9 Å². The number of hydrogen-bond acceptors (Lipinski definition) is 11. The molecule has 1 rings (SSSR count). The Morgan fingerprint density at radius 2 is 1.13 bits per heavy atom. The van der Waals surface area contributed by atoms with Crippen molar-refractivity contribution in [3.8, 4) is 0 Å². The SMILES string of the molecule is CCCC(=O)OC[C@H]1O[C@@H](OC(=O)CCC)[C@H](NC(=O)CCC(C)=O)C(OC(=O)CCC)[C@H]1OC(=O)CCC. The first-order chi connectivity index (χ1) is 18.6. The van der Waals surface area contributed by atoms with Crippen LogP contribution in [0.4, 0.5) is 0 Å². The van der Waals surface area contributed by atoms with Crippen LogP contribution in [0.25, 0.3) is 0 Å². The molecule has 0 bridgehead atoms. The molecule has 39 heavy (non-hydrogen) atoms. The second-order valence-electron chi connectivity index (χ2n) is 9.42. The van der Waals surface area contributed by atoms with Crippen LogP contribution in [0.1, 0.15) is 98.8 Å². The molecule has 1 fully saturated rings. The van der Waals surface area contributed by atoms with Gasteiger partial charge in [0, 0.05) is 38.5 Å². The van der Waals surface area contributed by atoms with E-state index in [2.05, 4.69) is 5.32 Å². The van der Waals surface area contributed by atoms with Crippen molar-refractivity contribution < 1.29 is 52.5 Å². The molecule has 0 saturated carbocycles. The van der Waals surface area contributed by atoms with Gasteiger partial charge in [-0.25, -0.2) is 0 Å². The molecule has 1 heterocycles. The standard InChI is InChI=1S/C27H43NO11/c1-6-10-20(31)35-16-18-25(37-21(32)11-7-2)26(38-22(33)12-8-3)24(28-19(30)15-14-17(5)29)27(36-18)39-23(34)13-9-4/h18,24-27H,6-16H2,1-5H3,(H,28,30)/t18-,24-,25+,26?,27+/m1/s1. The molecular weight excluding hydrogens is 514 g/mol. The van der Waals surface area contributed by atoms with Crippen LogP contribution < -0.4 is 5.32 Å². The first kappa shape index (κ1) is 34.0. The zero-order valence-corrected chi connectivity index (χ0v) is 23.7. The minimum absolute atomic E-state index is 0.0361. The summed E-state index contributed by atoms with van der Waals surface area (Å²) in [6.07, 6.45) is -3.22. The van der Waals surface area contributed by atoms with E-state index in [1.807, 2.05) is 0 Å². The Labute approximate surface area is 229 Å². The number of hydrogen-bond donors (Lipinski definition) is 1. The highest BCUT2D eigenvalue weighted by atomic mass is 16.7. The minimum atomic E-state index is -1.46. The molecule has 12 nitrogen and oxygen atoms in total. The number of ketones is 1. The van der Waals surface area contributed by atoms with Crippen LogP contribution >= 0.6 is 0 Å². The predicted octanol–water partition coefficient (Wildman–Crippen LogP) is 2.68. The summed E-state index contributed by atoms with van der Waals surface area (Å²) in [7, 11) is 0. The van der Waals surface area contributed by atoms with Crippen molar-refractivity contribution in [2.24, 2.45) is 0 Å². The van der Waals surface area contributed by atoms with E-state index in [0.717, 1.165) is 0 Å². The van der Waals surface area contributed by atoms with Crippen LogP contribution in [-0.2, 0) is 52.5 Å². The molecule has 1 saturated heterocycles. The molecule has 1 aliphatic rings. The lowest BCUT2D eigenvalue weighted by molar-refractivity contribution is -0.272. The van der Waals surface area contributed by atoms with Crippen molar-refractivity contribution in [2.75, 3.05) is 6.61 Å². The summed E-state index contributed by atoms with van der Waals surface area (Å²) in [5.74, 6) is -3.19. The van der Waals surface area contributed by atoms with Gasteiger partial charge in [0.05, 0.1) is 0 Å². The number of ether oxygens (including phenoxy) is 5. The van der Waals surface area contributed by atoms with Crippen molar-refractivity contribution in [1.82, 2.24) is 5.32 Å². The van der Waals surface area contributed by atoms with E-state index in [1.54, 1.807) is 27.7 Å². The Bertz CT molecular complexity index is 844. The van der Waals surface area contributed by atoms with Gasteiger partial charge in [-0.05, 0) is 32.6 Å². The summed E-state index contributed by atoms with van der Waals surface area (Å²) in [4.78, 5) is 73.9. The number of nitrogens with one attached hydrogen (secondary N) is 1. The van der Waals surface area contributed by atoms with Crippen molar-refractivity contribution in [3.05, 3.63) is 0 Å². The van der Waals surface area contributed by atoms with Gasteiger partial charge in [0.2, 0.25) is 12.2 Å². The van der Waals surface area contributed by atoms with Crippen LogP contribution in [-0.4, -0.2) is 72.8 Å². The van der Waals surface area contributed by atoms with Gasteiger partial charge < -0.3 is 33.8 Å². The summed E-state index contributed by atoms with van der Waals surface area (Å²) >= 11 is 0. The number of carbonyl (C=O) groups is 6. The van der Waals surface area contributed by atoms with Crippen molar-refractivity contribution in [3.63, 3.8) is 0 Å². The first-order valence-corrected chi connectivity index (χ1v) is 13.7. The van der Waals surface area contributed by atoms with Gasteiger partial charge in [-0.2, -0.15) is 0 Å². The van der Waals surface area contributed by atoms with E-state index in [1.165, 1.54) is 6.92 Å². The third-order valence-electron chi connectivity index (χ3n) is 5.69. The quantitative estimate of drug-likeness (QED) is 0.207. The van der Waals surface area contributed by atoms with Crippen molar-refractivity contribution in [2.45, 2.75) is 129 Å². The van der Waals surface area contributed by atoms with Crippen LogP contribution in [0, 0.1) is 0 Å². The number of amides is 1. The Kier molecular flexibility index (Phi) is 16.0. The zero-order chi connectivity index (χ0) is 29.4. The summed E-state index contributed by atoms with van der Waals surface area (Å²) in [6.45, 7) is 8.10. The lowest BCUT2D eigenvalue weighted by Crippen LogP contribution is -2.67. The highest BCUT2D eigenvalue weighted by Crippen LogP contribution is 2.29. The highest BCUT2D eigenvalue weighted by Gasteiger charge is 2.52. The Balaban J connectivity index is 3.48. The Morgan fingerprint density at radius 1 is 0.641 bits per heavy atom. The van der Waals surface area contributed by atoms with E-state index in [4.69, 9.17) is 23.7 Å². The average Bonchev–Trinajstić information content (AvgIpc) is 2.85. The molecule has 222 valence electrons. The molecule has 0 spiro atoms. The summed E-state index contributed by atoms with van der Waals surface area (Å²) < 4.78 is 28.2. The molecule has 1 amide bonds. The number of esters is 4. The van der Waals surface area contributed by atoms with Gasteiger partial charge in [0.1, 0.15) is 24.5 Å². The summed E-state index contributed by atoms with van der Waals surface area (Å²) in [5.41, 5.74) is 0. The third-order valence-corrected chi connectivity index (χ3v) is 5.69. The third kappa shape index (κ3) is 12.6. The van der Waals surface area contributed by atoms with Crippen molar-refractivity contribution in [1.29, 1.82) is 0 Å². The number of rotatable bonds is 17. The average molecular weight is 558 g/mol. The fourth-order valence-electron chi connectivity index (χ4n) is 3.80. The Hall–Kier alpha value is -3.02. The molecule has 0 aliphatic carbocycles. The molecule has 12 heteroatoms. The second-order valence-corrected chi connectivity index (χ2v) is 9.42. The van der Waals surface area contributed by atoms with Gasteiger partial charge >= 0.3 is 23.9 Å². The molecule has 0 radical (unpaired) electrons. The van der Waals surface area contributed by atoms with Crippen molar-refractivity contribution >= 4 is 35.6 Å². The van der Waals surface area contributed by atoms with E-state index in [9.17, 15) is 28.8 Å². The fraction of sp³-hybridized carbons (Fsp3) is 0.778. The number of carbonyl (C=O) groups excluding carboxylic acids is 6. The highest BCUT2D eigenvalue weighted by molar-refractivity contribution is 5.83. The van der Waals surface area contributed by atoms with Crippen LogP contribution in [0.3, 0.4) is 0 Å². The van der Waals surface area contributed by atoms with Gasteiger partial charge in [-0.3, -0.25) is 24.0 Å². The lowest BCUT2D eigenvalue weighted by atomic mass is 9.95. The fourth-order valence-corrected chi connectivity index (χ4v) is 3.80. The molecule has 1 unspecified atom stereocenters. The maximum Gasteiger partial charge on any atom is 0.308 e. The van der Waals surface area contributed by atoms with Crippen LogP contribution in [0.15, 0.2) is 0 Å².